The lowest BCUT2D eigenvalue weighted by molar-refractivity contribution is -0.129. The molecule has 0 radical (unpaired) electrons. The fourth-order valence-corrected chi connectivity index (χ4v) is 2.06. The topological polar surface area (TPSA) is 58.2 Å². The van der Waals surface area contributed by atoms with Gasteiger partial charge >= 0.3 is 0 Å². The molecule has 0 aliphatic heterocycles. The average molecular weight is 314 g/mol. The van der Waals surface area contributed by atoms with Crippen molar-refractivity contribution < 1.29 is 14.0 Å². The summed E-state index contributed by atoms with van der Waals surface area (Å²) in [6, 6.07) is 15.7. The number of hydrogen-bond acceptors (Lipinski definition) is 2. The third kappa shape index (κ3) is 6.30. The highest BCUT2D eigenvalue weighted by Crippen LogP contribution is 2.02. The molecule has 2 amide bonds. The third-order valence-electron chi connectivity index (χ3n) is 3.30. The zero-order valence-corrected chi connectivity index (χ0v) is 12.7. The molecule has 0 fully saturated rings. The second kappa shape index (κ2) is 8.68. The highest BCUT2D eigenvalue weighted by molar-refractivity contribution is 5.96. The Labute approximate surface area is 134 Å². The van der Waals surface area contributed by atoms with Crippen LogP contribution >= 0.6 is 0 Å². The zero-order valence-electron chi connectivity index (χ0n) is 12.7. The molecule has 2 rings (SSSR count). The van der Waals surface area contributed by atoms with Crippen LogP contribution < -0.4 is 10.6 Å². The SMILES string of the molecule is O=C(CC(=O)NCc1ccc(F)cc1)NCCc1ccccc1. The highest BCUT2D eigenvalue weighted by Gasteiger charge is 2.08. The maximum Gasteiger partial charge on any atom is 0.229 e. The van der Waals surface area contributed by atoms with Crippen LogP contribution in [0.3, 0.4) is 0 Å². The Balaban J connectivity index is 1.64. The van der Waals surface area contributed by atoms with Crippen molar-refractivity contribution in [1.82, 2.24) is 10.6 Å². The molecule has 0 saturated carbocycles. The number of carbonyl (C=O) groups excluding carboxylic acids is 2. The molecule has 0 aliphatic carbocycles. The largest absolute Gasteiger partial charge is 0.355 e. The zero-order chi connectivity index (χ0) is 16.5. The van der Waals surface area contributed by atoms with Crippen LogP contribution in [-0.4, -0.2) is 18.4 Å². The maximum absolute atomic E-state index is 12.8. The lowest BCUT2D eigenvalue weighted by atomic mass is 10.1. The Hall–Kier alpha value is -2.69. The van der Waals surface area contributed by atoms with E-state index in [1.165, 1.54) is 12.1 Å². The number of nitrogens with one attached hydrogen (secondary N) is 2. The second-order valence-electron chi connectivity index (χ2n) is 5.17. The van der Waals surface area contributed by atoms with Crippen molar-refractivity contribution in [2.75, 3.05) is 6.54 Å². The summed E-state index contributed by atoms with van der Waals surface area (Å²) in [5.74, 6) is -0.984. The minimum atomic E-state index is -0.355. The third-order valence-corrected chi connectivity index (χ3v) is 3.30. The van der Waals surface area contributed by atoms with Crippen LogP contribution in [0.25, 0.3) is 0 Å². The quantitative estimate of drug-likeness (QED) is 0.770. The Kier molecular flexibility index (Phi) is 6.29. The Morgan fingerprint density at radius 2 is 1.48 bits per heavy atom. The average Bonchev–Trinajstić information content (AvgIpc) is 2.55. The summed E-state index contributed by atoms with van der Waals surface area (Å²) >= 11 is 0. The lowest BCUT2D eigenvalue weighted by Crippen LogP contribution is -2.32. The molecule has 5 heteroatoms. The van der Waals surface area contributed by atoms with E-state index in [9.17, 15) is 14.0 Å². The molecule has 120 valence electrons. The van der Waals surface area contributed by atoms with Crippen LogP contribution in [0.4, 0.5) is 4.39 Å². The monoisotopic (exact) mass is 314 g/mol. The van der Waals surface area contributed by atoms with E-state index in [-0.39, 0.29) is 30.6 Å². The van der Waals surface area contributed by atoms with E-state index in [1.807, 2.05) is 30.3 Å². The molecular weight excluding hydrogens is 295 g/mol. The van der Waals surface area contributed by atoms with Gasteiger partial charge in [0.25, 0.3) is 0 Å². The summed E-state index contributed by atoms with van der Waals surface area (Å²) in [5, 5.41) is 5.35. The van der Waals surface area contributed by atoms with E-state index in [2.05, 4.69) is 10.6 Å². The van der Waals surface area contributed by atoms with E-state index < -0.39 is 0 Å². The van der Waals surface area contributed by atoms with E-state index in [4.69, 9.17) is 0 Å². The van der Waals surface area contributed by atoms with Crippen molar-refractivity contribution in [3.8, 4) is 0 Å². The first-order chi connectivity index (χ1) is 11.1. The summed E-state index contributed by atoms with van der Waals surface area (Å²) in [6.45, 7) is 0.768. The Bertz CT molecular complexity index is 642. The second-order valence-corrected chi connectivity index (χ2v) is 5.17. The van der Waals surface area contributed by atoms with Crippen molar-refractivity contribution in [3.63, 3.8) is 0 Å². The van der Waals surface area contributed by atoms with Crippen LogP contribution in [-0.2, 0) is 22.6 Å². The first-order valence-corrected chi connectivity index (χ1v) is 7.45. The van der Waals surface area contributed by atoms with E-state index in [1.54, 1.807) is 12.1 Å². The summed E-state index contributed by atoms with van der Waals surface area (Å²) in [4.78, 5) is 23.4. The van der Waals surface area contributed by atoms with Crippen molar-refractivity contribution in [3.05, 3.63) is 71.5 Å². The standard InChI is InChI=1S/C18H19FN2O2/c19-16-8-6-15(7-9-16)13-21-18(23)12-17(22)20-11-10-14-4-2-1-3-5-14/h1-9H,10-13H2,(H,20,22)(H,21,23). The number of rotatable bonds is 7. The van der Waals surface area contributed by atoms with Crippen LogP contribution in [0.15, 0.2) is 54.6 Å². The maximum atomic E-state index is 12.8. The van der Waals surface area contributed by atoms with Gasteiger partial charge in [-0.3, -0.25) is 9.59 Å². The van der Waals surface area contributed by atoms with E-state index in [0.29, 0.717) is 6.54 Å². The van der Waals surface area contributed by atoms with Crippen LogP contribution in [0.2, 0.25) is 0 Å². The van der Waals surface area contributed by atoms with Gasteiger partial charge in [0, 0.05) is 13.1 Å². The molecule has 0 saturated heterocycles. The molecule has 0 aromatic heterocycles. The van der Waals surface area contributed by atoms with Gasteiger partial charge in [0.1, 0.15) is 12.2 Å². The first kappa shape index (κ1) is 16.7. The number of carbonyl (C=O) groups is 2. The lowest BCUT2D eigenvalue weighted by Gasteiger charge is -2.07. The Morgan fingerprint density at radius 1 is 0.826 bits per heavy atom. The summed E-state index contributed by atoms with van der Waals surface area (Å²) < 4.78 is 12.8. The molecule has 0 heterocycles. The molecule has 4 nitrogen and oxygen atoms in total. The van der Waals surface area contributed by atoms with Crippen LogP contribution in [0.1, 0.15) is 17.5 Å². The van der Waals surface area contributed by atoms with Gasteiger partial charge in [-0.2, -0.15) is 0 Å². The number of halogens is 1. The predicted molar refractivity (Wildman–Crippen MR) is 86.0 cm³/mol. The minimum absolute atomic E-state index is 0.212. The van der Waals surface area contributed by atoms with Gasteiger partial charge in [-0.15, -0.1) is 0 Å². The molecule has 0 bridgehead atoms. The van der Waals surface area contributed by atoms with Gasteiger partial charge in [-0.05, 0) is 29.7 Å². The van der Waals surface area contributed by atoms with Gasteiger partial charge in [0.15, 0.2) is 0 Å². The molecule has 23 heavy (non-hydrogen) atoms. The normalized spacial score (nSPS) is 10.1. The van der Waals surface area contributed by atoms with Gasteiger partial charge in [-0.1, -0.05) is 42.5 Å². The molecule has 0 aliphatic rings. The first-order valence-electron chi connectivity index (χ1n) is 7.45. The van der Waals surface area contributed by atoms with Crippen LogP contribution in [0, 0.1) is 5.82 Å². The summed E-state index contributed by atoms with van der Waals surface area (Å²) in [7, 11) is 0. The molecule has 0 spiro atoms. The fraction of sp³-hybridized carbons (Fsp3) is 0.222. The van der Waals surface area contributed by atoms with Gasteiger partial charge in [0.05, 0.1) is 0 Å². The smallest absolute Gasteiger partial charge is 0.229 e. The molecule has 2 N–H and O–H groups in total. The molecule has 0 atom stereocenters. The molecule has 2 aromatic rings. The minimum Gasteiger partial charge on any atom is -0.355 e. The van der Waals surface area contributed by atoms with E-state index >= 15 is 0 Å². The number of hydrogen-bond donors (Lipinski definition) is 2. The van der Waals surface area contributed by atoms with Crippen molar-refractivity contribution in [2.45, 2.75) is 19.4 Å². The summed E-state index contributed by atoms with van der Waals surface area (Å²) in [6.07, 6.45) is 0.514. The van der Waals surface area contributed by atoms with Crippen LogP contribution in [0.5, 0.6) is 0 Å². The van der Waals surface area contributed by atoms with E-state index in [0.717, 1.165) is 17.5 Å². The number of benzene rings is 2. The van der Waals surface area contributed by atoms with Gasteiger partial charge < -0.3 is 10.6 Å². The highest BCUT2D eigenvalue weighted by atomic mass is 19.1. The molecule has 0 unspecified atom stereocenters. The van der Waals surface area contributed by atoms with Gasteiger partial charge in [0.2, 0.25) is 11.8 Å². The predicted octanol–water partition coefficient (Wildman–Crippen LogP) is 2.19. The van der Waals surface area contributed by atoms with Gasteiger partial charge in [-0.25, -0.2) is 4.39 Å². The summed E-state index contributed by atoms with van der Waals surface area (Å²) in [5.41, 5.74) is 1.91. The van der Waals surface area contributed by atoms with Crippen molar-refractivity contribution >= 4 is 11.8 Å². The Morgan fingerprint density at radius 3 is 2.17 bits per heavy atom. The molecule has 2 aromatic carbocycles. The number of amides is 2. The van der Waals surface area contributed by atoms with Crippen molar-refractivity contribution in [1.29, 1.82) is 0 Å². The van der Waals surface area contributed by atoms with Crippen molar-refractivity contribution in [2.24, 2.45) is 0 Å². The molecular formula is C18H19FN2O2. The fourth-order valence-electron chi connectivity index (χ4n) is 2.06.